The van der Waals surface area contributed by atoms with Crippen molar-refractivity contribution in [3.05, 3.63) is 35.9 Å². The van der Waals surface area contributed by atoms with Gasteiger partial charge in [0.25, 0.3) is 0 Å². The van der Waals surface area contributed by atoms with Crippen LogP contribution in [0, 0.1) is 11.3 Å². The van der Waals surface area contributed by atoms with E-state index >= 15 is 0 Å². The summed E-state index contributed by atoms with van der Waals surface area (Å²) >= 11 is 0. The first-order chi connectivity index (χ1) is 41.0. The van der Waals surface area contributed by atoms with Crippen molar-refractivity contribution in [2.45, 2.75) is 243 Å². The summed E-state index contributed by atoms with van der Waals surface area (Å²) in [6.45, 7) is 12.5. The molecule has 0 saturated carbocycles. The van der Waals surface area contributed by atoms with Crippen LogP contribution in [0.5, 0.6) is 0 Å². The molecule has 484 valence electrons. The summed E-state index contributed by atoms with van der Waals surface area (Å²) in [5.74, 6) is -6.57. The van der Waals surface area contributed by atoms with Gasteiger partial charge in [-0.05, 0) is 139 Å². The monoisotopic (exact) mass is 1210 g/mol. The van der Waals surface area contributed by atoms with E-state index in [0.717, 1.165) is 32.1 Å². The van der Waals surface area contributed by atoms with Crippen molar-refractivity contribution in [2.75, 3.05) is 39.3 Å². The van der Waals surface area contributed by atoms with Gasteiger partial charge in [0.15, 0.2) is 0 Å². The number of carbonyl (C=O) groups excluding carboxylic acids is 10. The van der Waals surface area contributed by atoms with Gasteiger partial charge >= 0.3 is 0 Å². The molecule has 86 heavy (non-hydrogen) atoms. The van der Waals surface area contributed by atoms with Crippen LogP contribution in [0.2, 0.25) is 0 Å². The van der Waals surface area contributed by atoms with Crippen molar-refractivity contribution < 1.29 is 47.9 Å². The molecule has 0 radical (unpaired) electrons. The minimum Gasteiger partial charge on any atom is -0.343 e. The lowest BCUT2D eigenvalue weighted by atomic mass is 9.87. The van der Waals surface area contributed by atoms with Gasteiger partial charge in [0.1, 0.15) is 60.4 Å². The maximum absolute atomic E-state index is 15.0. The molecule has 24 nitrogen and oxygen atoms in total. The average molecular weight is 1210 g/mol. The number of carbonyl (C=O) groups is 10. The summed E-state index contributed by atoms with van der Waals surface area (Å²) in [5, 5.41) is 23.0. The smallest absolute Gasteiger partial charge is 0.246 e. The number of rotatable bonds is 24. The van der Waals surface area contributed by atoms with E-state index in [4.69, 9.17) is 22.9 Å². The molecule has 3 fully saturated rings. The molecular weight excluding hydrogens is 1100 g/mol. The molecule has 0 bridgehead atoms. The van der Waals surface area contributed by atoms with E-state index in [1.807, 2.05) is 40.7 Å². The van der Waals surface area contributed by atoms with Crippen molar-refractivity contribution in [3.8, 4) is 0 Å². The number of hydrogen-bond acceptors (Lipinski definition) is 14. The first kappa shape index (κ1) is 72.2. The van der Waals surface area contributed by atoms with E-state index in [9.17, 15) is 47.9 Å². The standard InChI is InChI=1S/C62H106N14O10/c1-7-8-9-10-11-15-24-46-60(85)75-35-20-29-50(75)58(83)69-44(27-18-33-65)53(78)72-47(37-40(2)3)56(81)67-43(26-17-32-64)54(79)73-48(38-41-22-13-12-14-23-41)61(86)76-36-21-30-51(76)59(84)70-45(28-19-34-66)55(80)74-49(39-62(4,5)6)57(82)68-42(25-16-31-63)52(77)71-46/h12-14,22-23,40,42-51H,7-11,15-21,24-39,63-66H2,1-6H3,(H,67,81)(H,68,82)(H,69,83)(H,70,84)(H,71,77)(H,72,78)(H,73,79)(H,74,80)/t42-,43-,44-,45-,46+,47-,48+,49-,50-,51-/m0/s1. The third-order valence-corrected chi connectivity index (χ3v) is 16.1. The molecule has 0 aliphatic carbocycles. The molecule has 3 heterocycles. The van der Waals surface area contributed by atoms with Crippen molar-refractivity contribution in [1.29, 1.82) is 0 Å². The Morgan fingerprint density at radius 1 is 0.442 bits per heavy atom. The molecule has 24 heteroatoms. The Morgan fingerprint density at radius 2 is 0.791 bits per heavy atom. The van der Waals surface area contributed by atoms with Crippen LogP contribution in [-0.4, -0.2) is 169 Å². The van der Waals surface area contributed by atoms with Crippen LogP contribution in [0.1, 0.15) is 182 Å². The minimum atomic E-state index is -1.24. The first-order valence-electron chi connectivity index (χ1n) is 31.9. The number of nitrogens with zero attached hydrogens (tertiary/aromatic N) is 2. The zero-order chi connectivity index (χ0) is 63.3. The van der Waals surface area contributed by atoms with Crippen molar-refractivity contribution in [3.63, 3.8) is 0 Å². The number of amides is 10. The predicted molar refractivity (Wildman–Crippen MR) is 330 cm³/mol. The highest BCUT2D eigenvalue weighted by atomic mass is 16.2. The van der Waals surface area contributed by atoms with Gasteiger partial charge < -0.3 is 75.3 Å². The fourth-order valence-electron chi connectivity index (χ4n) is 11.5. The Hall–Kier alpha value is -6.24. The maximum Gasteiger partial charge on any atom is 0.246 e. The lowest BCUT2D eigenvalue weighted by Crippen LogP contribution is -2.61. The van der Waals surface area contributed by atoms with E-state index in [2.05, 4.69) is 49.5 Å². The molecule has 3 aliphatic heterocycles. The SMILES string of the molecule is CCCCCCCC[C@H]1NC(=O)[C@H](CCCN)NC(=O)[C@H](CC(C)(C)C)NC(=O)[C@H](CCCN)NC(=O)[C@@H]2CCCN2C(=O)[C@@H](Cc2ccccc2)NC(=O)[C@H](CCCN)NC(=O)[C@H](CC(C)C)NC(=O)[C@H](CCCN)NC(=O)[C@@H]2CCCN2C1=O. The van der Waals surface area contributed by atoms with Crippen molar-refractivity contribution in [1.82, 2.24) is 52.3 Å². The molecule has 1 aromatic carbocycles. The summed E-state index contributed by atoms with van der Waals surface area (Å²) in [4.78, 5) is 149. The number of fused-ring (bicyclic) bond motifs is 2. The molecule has 16 N–H and O–H groups in total. The lowest BCUT2D eigenvalue weighted by Gasteiger charge is -2.32. The van der Waals surface area contributed by atoms with Gasteiger partial charge in [-0.15, -0.1) is 0 Å². The van der Waals surface area contributed by atoms with E-state index in [0.29, 0.717) is 50.5 Å². The Kier molecular flexibility index (Phi) is 31.5. The van der Waals surface area contributed by atoms with Gasteiger partial charge in [0.2, 0.25) is 59.1 Å². The van der Waals surface area contributed by atoms with Gasteiger partial charge in [0.05, 0.1) is 0 Å². The first-order valence-corrected chi connectivity index (χ1v) is 31.9. The second-order valence-corrected chi connectivity index (χ2v) is 25.2. The molecule has 0 aromatic heterocycles. The van der Waals surface area contributed by atoms with Gasteiger partial charge in [-0.1, -0.05) is 110 Å². The van der Waals surface area contributed by atoms with Gasteiger partial charge in [0, 0.05) is 19.5 Å². The maximum atomic E-state index is 15.0. The Bertz CT molecular complexity index is 2360. The number of hydrogen-bond donors (Lipinski definition) is 12. The number of benzene rings is 1. The molecule has 3 saturated heterocycles. The van der Waals surface area contributed by atoms with Crippen LogP contribution in [0.25, 0.3) is 0 Å². The highest BCUT2D eigenvalue weighted by Gasteiger charge is 2.43. The second-order valence-electron chi connectivity index (χ2n) is 25.2. The molecule has 0 spiro atoms. The lowest BCUT2D eigenvalue weighted by molar-refractivity contribution is -0.143. The van der Waals surface area contributed by atoms with Gasteiger partial charge in [-0.3, -0.25) is 47.9 Å². The number of unbranched alkanes of at least 4 members (excludes halogenated alkanes) is 5. The van der Waals surface area contributed by atoms with Crippen LogP contribution < -0.4 is 65.5 Å². The van der Waals surface area contributed by atoms with E-state index in [1.165, 1.54) is 9.80 Å². The molecule has 1 aromatic rings. The Balaban J connectivity index is 1.85. The third kappa shape index (κ3) is 23.8. The quantitative estimate of drug-likeness (QED) is 0.0650. The summed E-state index contributed by atoms with van der Waals surface area (Å²) in [6, 6.07) is -2.75. The highest BCUT2D eigenvalue weighted by molar-refractivity contribution is 6.00. The zero-order valence-electron chi connectivity index (χ0n) is 52.3. The molecule has 10 atom stereocenters. The van der Waals surface area contributed by atoms with E-state index in [-0.39, 0.29) is 109 Å². The van der Waals surface area contributed by atoms with Gasteiger partial charge in [-0.2, -0.15) is 0 Å². The topological polar surface area (TPSA) is 377 Å². The number of nitrogens with one attached hydrogen (secondary N) is 8. The fraction of sp³-hybridized carbons (Fsp3) is 0.742. The third-order valence-electron chi connectivity index (χ3n) is 16.1. The summed E-state index contributed by atoms with van der Waals surface area (Å²) < 4.78 is 0. The van der Waals surface area contributed by atoms with E-state index < -0.39 is 125 Å². The summed E-state index contributed by atoms with van der Waals surface area (Å²) in [6.07, 6.45) is 8.71. The van der Waals surface area contributed by atoms with Crippen LogP contribution >= 0.6 is 0 Å². The normalized spacial score (nSPS) is 25.9. The zero-order valence-corrected chi connectivity index (χ0v) is 52.3. The molecule has 3 aliphatic rings. The molecule has 10 amide bonds. The molecular formula is C62H106N14O10. The number of nitrogens with two attached hydrogens (primary N) is 4. The molecule has 4 rings (SSSR count). The van der Waals surface area contributed by atoms with Crippen LogP contribution in [-0.2, 0) is 54.4 Å². The Labute approximate surface area is 510 Å². The van der Waals surface area contributed by atoms with Gasteiger partial charge in [-0.25, -0.2) is 0 Å². The van der Waals surface area contributed by atoms with Crippen molar-refractivity contribution in [2.24, 2.45) is 34.3 Å². The largest absolute Gasteiger partial charge is 0.343 e. The average Bonchev–Trinajstić information content (AvgIpc) is 2.70. The Morgan fingerprint density at radius 3 is 1.22 bits per heavy atom. The second kappa shape index (κ2) is 37.5. The fourth-order valence-corrected chi connectivity index (χ4v) is 11.5. The molecule has 0 unspecified atom stereocenters. The van der Waals surface area contributed by atoms with Crippen molar-refractivity contribution >= 4 is 59.1 Å². The van der Waals surface area contributed by atoms with Crippen LogP contribution in [0.15, 0.2) is 30.3 Å². The summed E-state index contributed by atoms with van der Waals surface area (Å²) in [5.41, 5.74) is 24.0. The van der Waals surface area contributed by atoms with Crippen LogP contribution in [0.3, 0.4) is 0 Å². The summed E-state index contributed by atoms with van der Waals surface area (Å²) in [7, 11) is 0. The van der Waals surface area contributed by atoms with Crippen LogP contribution in [0.4, 0.5) is 0 Å². The van der Waals surface area contributed by atoms with E-state index in [1.54, 1.807) is 24.3 Å². The minimum absolute atomic E-state index is 0.00972. The predicted octanol–water partition coefficient (Wildman–Crippen LogP) is 1.29. The highest BCUT2D eigenvalue weighted by Crippen LogP contribution is 2.25.